The van der Waals surface area contributed by atoms with Gasteiger partial charge in [0.1, 0.15) is 11.3 Å². The lowest BCUT2D eigenvalue weighted by molar-refractivity contribution is -0.137. The third kappa shape index (κ3) is 5.00. The Labute approximate surface area is 144 Å². The standard InChI is InChI=1S/C18H17N3O4/c1-2-25-18(24)15(16(22)13-7-4-3-5-8-13)12-20-21-17(23)14-9-6-10-19-11-14/h3-12,22H,2H2,1H3,(H,21,23). The van der Waals surface area contributed by atoms with Crippen LogP contribution < -0.4 is 5.43 Å². The van der Waals surface area contributed by atoms with E-state index in [0.29, 0.717) is 11.1 Å². The summed E-state index contributed by atoms with van der Waals surface area (Å²) in [6.07, 6.45) is 3.97. The van der Waals surface area contributed by atoms with Gasteiger partial charge in [0.15, 0.2) is 0 Å². The Morgan fingerprint density at radius 1 is 1.20 bits per heavy atom. The summed E-state index contributed by atoms with van der Waals surface area (Å²) in [6.45, 7) is 1.79. The van der Waals surface area contributed by atoms with Crippen LogP contribution >= 0.6 is 0 Å². The molecule has 0 saturated heterocycles. The maximum Gasteiger partial charge on any atom is 0.343 e. The minimum atomic E-state index is -0.747. The smallest absolute Gasteiger partial charge is 0.343 e. The van der Waals surface area contributed by atoms with Crippen LogP contribution in [0.2, 0.25) is 0 Å². The van der Waals surface area contributed by atoms with E-state index in [1.165, 1.54) is 6.20 Å². The van der Waals surface area contributed by atoms with E-state index in [0.717, 1.165) is 6.21 Å². The van der Waals surface area contributed by atoms with Gasteiger partial charge < -0.3 is 9.84 Å². The van der Waals surface area contributed by atoms with E-state index in [1.54, 1.807) is 55.6 Å². The minimum Gasteiger partial charge on any atom is -0.506 e. The number of carbonyl (C=O) groups is 2. The van der Waals surface area contributed by atoms with Gasteiger partial charge in [-0.3, -0.25) is 9.78 Å². The van der Waals surface area contributed by atoms with Crippen molar-refractivity contribution in [3.63, 3.8) is 0 Å². The fourth-order valence-corrected chi connectivity index (χ4v) is 1.89. The Balaban J connectivity index is 2.22. The van der Waals surface area contributed by atoms with Gasteiger partial charge >= 0.3 is 5.97 Å². The summed E-state index contributed by atoms with van der Waals surface area (Å²) in [6, 6.07) is 11.7. The maximum atomic E-state index is 12.0. The Morgan fingerprint density at radius 3 is 2.56 bits per heavy atom. The summed E-state index contributed by atoms with van der Waals surface area (Å²) in [5.74, 6) is -1.53. The van der Waals surface area contributed by atoms with Crippen LogP contribution in [0.15, 0.2) is 65.5 Å². The van der Waals surface area contributed by atoms with Crippen molar-refractivity contribution in [1.29, 1.82) is 0 Å². The van der Waals surface area contributed by atoms with Crippen LogP contribution in [0.5, 0.6) is 0 Å². The van der Waals surface area contributed by atoms with Crippen LogP contribution in [0.4, 0.5) is 0 Å². The van der Waals surface area contributed by atoms with Crippen LogP contribution in [0.1, 0.15) is 22.8 Å². The van der Waals surface area contributed by atoms with E-state index in [1.807, 2.05) is 0 Å². The first kappa shape index (κ1) is 17.9. The highest BCUT2D eigenvalue weighted by Crippen LogP contribution is 2.15. The first-order valence-corrected chi connectivity index (χ1v) is 7.52. The summed E-state index contributed by atoms with van der Waals surface area (Å²) in [4.78, 5) is 27.8. The highest BCUT2D eigenvalue weighted by atomic mass is 16.5. The van der Waals surface area contributed by atoms with Gasteiger partial charge in [-0.1, -0.05) is 30.3 Å². The zero-order valence-corrected chi connectivity index (χ0v) is 13.5. The average Bonchev–Trinajstić information content (AvgIpc) is 2.66. The Morgan fingerprint density at radius 2 is 1.92 bits per heavy atom. The zero-order chi connectivity index (χ0) is 18.1. The van der Waals surface area contributed by atoms with Crippen molar-refractivity contribution in [3.05, 3.63) is 71.6 Å². The van der Waals surface area contributed by atoms with Gasteiger partial charge in [-0.25, -0.2) is 10.2 Å². The van der Waals surface area contributed by atoms with Crippen molar-refractivity contribution in [2.24, 2.45) is 5.10 Å². The summed E-state index contributed by atoms with van der Waals surface area (Å²) in [5, 5.41) is 14.1. The number of nitrogens with zero attached hydrogens (tertiary/aromatic N) is 2. The Kier molecular flexibility index (Phi) is 6.41. The molecule has 0 bridgehead atoms. The molecule has 2 rings (SSSR count). The minimum absolute atomic E-state index is 0.139. The number of rotatable bonds is 6. The highest BCUT2D eigenvalue weighted by Gasteiger charge is 2.16. The molecule has 0 saturated carbocycles. The van der Waals surface area contributed by atoms with E-state index < -0.39 is 11.9 Å². The lowest BCUT2D eigenvalue weighted by Gasteiger charge is -2.07. The first-order chi connectivity index (χ1) is 12.1. The number of ether oxygens (including phenoxy) is 1. The fraction of sp³-hybridized carbons (Fsp3) is 0.111. The number of pyridine rings is 1. The lowest BCUT2D eigenvalue weighted by atomic mass is 10.1. The second-order valence-electron chi connectivity index (χ2n) is 4.79. The molecule has 0 atom stereocenters. The third-order valence-electron chi connectivity index (χ3n) is 3.08. The molecule has 25 heavy (non-hydrogen) atoms. The number of benzene rings is 1. The van der Waals surface area contributed by atoms with Crippen molar-refractivity contribution in [3.8, 4) is 0 Å². The van der Waals surface area contributed by atoms with Gasteiger partial charge in [0.05, 0.1) is 18.4 Å². The van der Waals surface area contributed by atoms with Crippen LogP contribution in [-0.2, 0) is 9.53 Å². The molecule has 0 aliphatic heterocycles. The van der Waals surface area contributed by atoms with E-state index >= 15 is 0 Å². The molecular formula is C18H17N3O4. The Hall–Kier alpha value is -3.48. The van der Waals surface area contributed by atoms with E-state index in [-0.39, 0.29) is 17.9 Å². The van der Waals surface area contributed by atoms with Crippen molar-refractivity contribution < 1.29 is 19.4 Å². The molecule has 0 aliphatic carbocycles. The van der Waals surface area contributed by atoms with Crippen molar-refractivity contribution in [2.75, 3.05) is 6.61 Å². The lowest BCUT2D eigenvalue weighted by Crippen LogP contribution is -2.19. The van der Waals surface area contributed by atoms with E-state index in [4.69, 9.17) is 4.74 Å². The molecule has 0 fully saturated rings. The van der Waals surface area contributed by atoms with Gasteiger partial charge in [0.25, 0.3) is 5.91 Å². The van der Waals surface area contributed by atoms with Crippen molar-refractivity contribution >= 4 is 23.9 Å². The zero-order valence-electron chi connectivity index (χ0n) is 13.5. The monoisotopic (exact) mass is 339 g/mol. The molecule has 2 N–H and O–H groups in total. The van der Waals surface area contributed by atoms with Crippen LogP contribution in [0, 0.1) is 0 Å². The predicted molar refractivity (Wildman–Crippen MR) is 92.8 cm³/mol. The summed E-state index contributed by atoms with van der Waals surface area (Å²) in [5.41, 5.74) is 2.84. The van der Waals surface area contributed by atoms with Crippen molar-refractivity contribution in [2.45, 2.75) is 6.92 Å². The SMILES string of the molecule is CCOC(=O)C(C=NNC(=O)c1cccnc1)=C(O)c1ccccc1. The van der Waals surface area contributed by atoms with Crippen LogP contribution in [0.25, 0.3) is 5.76 Å². The van der Waals surface area contributed by atoms with E-state index in [9.17, 15) is 14.7 Å². The molecule has 128 valence electrons. The number of nitrogens with one attached hydrogen (secondary N) is 1. The number of carbonyl (C=O) groups excluding carboxylic acids is 2. The van der Waals surface area contributed by atoms with Gasteiger partial charge in [-0.15, -0.1) is 0 Å². The molecule has 1 aromatic carbocycles. The number of aliphatic hydroxyl groups is 1. The molecule has 7 heteroatoms. The summed E-state index contributed by atoms with van der Waals surface area (Å²) < 4.78 is 4.92. The summed E-state index contributed by atoms with van der Waals surface area (Å²) >= 11 is 0. The van der Waals surface area contributed by atoms with Crippen LogP contribution in [0.3, 0.4) is 0 Å². The van der Waals surface area contributed by atoms with Gasteiger partial charge in [0, 0.05) is 18.0 Å². The first-order valence-electron chi connectivity index (χ1n) is 7.52. The third-order valence-corrected chi connectivity index (χ3v) is 3.08. The van der Waals surface area contributed by atoms with Gasteiger partial charge in [-0.2, -0.15) is 5.10 Å². The molecule has 0 spiro atoms. The molecule has 1 amide bonds. The second kappa shape index (κ2) is 8.97. The highest BCUT2D eigenvalue weighted by molar-refractivity contribution is 6.15. The molecule has 0 aliphatic rings. The van der Waals surface area contributed by atoms with E-state index in [2.05, 4.69) is 15.5 Å². The normalized spacial score (nSPS) is 11.7. The molecular weight excluding hydrogens is 322 g/mol. The second-order valence-corrected chi connectivity index (χ2v) is 4.79. The molecule has 0 unspecified atom stereocenters. The quantitative estimate of drug-likeness (QED) is 0.276. The summed E-state index contributed by atoms with van der Waals surface area (Å²) in [7, 11) is 0. The molecule has 7 nitrogen and oxygen atoms in total. The molecule has 0 radical (unpaired) electrons. The fourth-order valence-electron chi connectivity index (χ4n) is 1.89. The molecule has 1 aromatic heterocycles. The molecule has 1 heterocycles. The topological polar surface area (TPSA) is 101 Å². The number of hydrogen-bond donors (Lipinski definition) is 2. The van der Waals surface area contributed by atoms with Crippen LogP contribution in [-0.4, -0.2) is 34.8 Å². The predicted octanol–water partition coefficient (Wildman–Crippen LogP) is 2.33. The number of hydrogen-bond acceptors (Lipinski definition) is 6. The largest absolute Gasteiger partial charge is 0.506 e. The van der Waals surface area contributed by atoms with Crippen molar-refractivity contribution in [1.82, 2.24) is 10.4 Å². The number of esters is 1. The Bertz CT molecular complexity index is 786. The number of aromatic nitrogens is 1. The van der Waals surface area contributed by atoms with Gasteiger partial charge in [0.2, 0.25) is 0 Å². The number of amides is 1. The average molecular weight is 339 g/mol. The number of hydrazone groups is 1. The molecule has 2 aromatic rings. The number of aliphatic hydroxyl groups excluding tert-OH is 1. The van der Waals surface area contributed by atoms with Gasteiger partial charge in [-0.05, 0) is 19.1 Å². The maximum absolute atomic E-state index is 12.0.